The van der Waals surface area contributed by atoms with E-state index in [1.54, 1.807) is 0 Å². The molecule has 0 amide bonds. The highest BCUT2D eigenvalue weighted by Crippen LogP contribution is 2.44. The second-order valence-corrected chi connectivity index (χ2v) is 6.21. The molecule has 0 aliphatic heterocycles. The van der Waals surface area contributed by atoms with Crippen LogP contribution < -0.4 is 0 Å². The Morgan fingerprint density at radius 1 is 1.20 bits per heavy atom. The van der Waals surface area contributed by atoms with Gasteiger partial charge in [0, 0.05) is 5.41 Å². The smallest absolute Gasteiger partial charge is 0.293 e. The fraction of sp³-hybridized carbons (Fsp3) is 0.923. The number of hydrogen-bond donors (Lipinski definition) is 0. The van der Waals surface area contributed by atoms with Gasteiger partial charge in [-0.05, 0) is 24.7 Å². The van der Waals surface area contributed by atoms with Gasteiger partial charge in [-0.3, -0.25) is 4.79 Å². The first-order valence-electron chi connectivity index (χ1n) is 6.03. The Morgan fingerprint density at radius 2 is 1.80 bits per heavy atom. The lowest BCUT2D eigenvalue weighted by Gasteiger charge is -2.40. The Kier molecular flexibility index (Phi) is 4.18. The van der Waals surface area contributed by atoms with E-state index in [9.17, 15) is 4.79 Å². The largest absolute Gasteiger partial charge is 0.467 e. The van der Waals surface area contributed by atoms with E-state index in [0.29, 0.717) is 18.5 Å². The fourth-order valence-electron chi connectivity index (χ4n) is 3.01. The SMILES string of the molecule is CC(C)(C)CC1(COC=O)CCCCC1. The van der Waals surface area contributed by atoms with Crippen LogP contribution in [0.15, 0.2) is 0 Å². The molecule has 0 aromatic heterocycles. The standard InChI is InChI=1S/C13H24O2/c1-12(2,3)9-13(10-15-11-14)7-5-4-6-8-13/h11H,4-10H2,1-3H3. The van der Waals surface area contributed by atoms with Gasteiger partial charge in [-0.2, -0.15) is 0 Å². The molecule has 0 atom stereocenters. The summed E-state index contributed by atoms with van der Waals surface area (Å²) in [7, 11) is 0. The lowest BCUT2D eigenvalue weighted by atomic mass is 9.66. The monoisotopic (exact) mass is 212 g/mol. The second kappa shape index (κ2) is 5.00. The molecule has 0 unspecified atom stereocenters. The van der Waals surface area contributed by atoms with Crippen molar-refractivity contribution in [2.75, 3.05) is 6.61 Å². The maximum Gasteiger partial charge on any atom is 0.293 e. The summed E-state index contributed by atoms with van der Waals surface area (Å²) in [5, 5.41) is 0. The van der Waals surface area contributed by atoms with Gasteiger partial charge in [0.25, 0.3) is 6.47 Å². The third-order valence-electron chi connectivity index (χ3n) is 3.28. The molecule has 0 bridgehead atoms. The number of rotatable bonds is 4. The topological polar surface area (TPSA) is 26.3 Å². The second-order valence-electron chi connectivity index (χ2n) is 6.21. The van der Waals surface area contributed by atoms with E-state index in [2.05, 4.69) is 20.8 Å². The highest BCUT2D eigenvalue weighted by Gasteiger charge is 2.36. The number of ether oxygens (including phenoxy) is 1. The van der Waals surface area contributed by atoms with Gasteiger partial charge in [0.15, 0.2) is 0 Å². The number of carbonyl (C=O) groups is 1. The zero-order chi connectivity index (χ0) is 11.4. The summed E-state index contributed by atoms with van der Waals surface area (Å²) in [6.45, 7) is 8.02. The lowest BCUT2D eigenvalue weighted by molar-refractivity contribution is -0.133. The molecule has 2 nitrogen and oxygen atoms in total. The number of hydrogen-bond acceptors (Lipinski definition) is 2. The van der Waals surface area contributed by atoms with E-state index in [1.165, 1.54) is 32.1 Å². The Labute approximate surface area is 93.4 Å². The molecule has 88 valence electrons. The van der Waals surface area contributed by atoms with Crippen molar-refractivity contribution in [2.45, 2.75) is 59.3 Å². The molecule has 0 spiro atoms. The average molecular weight is 212 g/mol. The molecule has 1 aliphatic carbocycles. The molecule has 0 radical (unpaired) electrons. The highest BCUT2D eigenvalue weighted by atomic mass is 16.5. The summed E-state index contributed by atoms with van der Waals surface area (Å²) in [6.07, 6.45) is 7.52. The summed E-state index contributed by atoms with van der Waals surface area (Å²) in [6, 6.07) is 0. The van der Waals surface area contributed by atoms with Gasteiger partial charge >= 0.3 is 0 Å². The van der Waals surface area contributed by atoms with Crippen LogP contribution in [-0.2, 0) is 9.53 Å². The molecule has 1 rings (SSSR count). The molecule has 0 heterocycles. The van der Waals surface area contributed by atoms with Gasteiger partial charge in [0.05, 0.1) is 6.61 Å². The van der Waals surface area contributed by atoms with Crippen LogP contribution >= 0.6 is 0 Å². The normalized spacial score (nSPS) is 21.0. The van der Waals surface area contributed by atoms with Crippen molar-refractivity contribution >= 4 is 6.47 Å². The zero-order valence-electron chi connectivity index (χ0n) is 10.3. The third kappa shape index (κ3) is 4.23. The summed E-state index contributed by atoms with van der Waals surface area (Å²) in [4.78, 5) is 10.3. The van der Waals surface area contributed by atoms with Crippen LogP contribution in [0.4, 0.5) is 0 Å². The van der Waals surface area contributed by atoms with Crippen LogP contribution in [0, 0.1) is 10.8 Å². The quantitative estimate of drug-likeness (QED) is 0.666. The maximum absolute atomic E-state index is 10.3. The van der Waals surface area contributed by atoms with Crippen molar-refractivity contribution in [1.82, 2.24) is 0 Å². The average Bonchev–Trinajstić information content (AvgIpc) is 2.14. The maximum atomic E-state index is 10.3. The Bertz CT molecular complexity index is 197. The van der Waals surface area contributed by atoms with Gasteiger partial charge < -0.3 is 4.74 Å². The molecule has 15 heavy (non-hydrogen) atoms. The van der Waals surface area contributed by atoms with Gasteiger partial charge in [-0.15, -0.1) is 0 Å². The van der Waals surface area contributed by atoms with Crippen molar-refractivity contribution in [2.24, 2.45) is 10.8 Å². The molecular formula is C13H24O2. The molecule has 1 fully saturated rings. The predicted octanol–water partition coefficient (Wildman–Crippen LogP) is 3.55. The van der Waals surface area contributed by atoms with Crippen molar-refractivity contribution in [3.63, 3.8) is 0 Å². The molecule has 1 saturated carbocycles. The minimum atomic E-state index is 0.261. The molecule has 0 aromatic rings. The van der Waals surface area contributed by atoms with E-state index in [-0.39, 0.29) is 5.41 Å². The van der Waals surface area contributed by atoms with Crippen molar-refractivity contribution in [3.8, 4) is 0 Å². The first-order chi connectivity index (χ1) is 6.97. The van der Waals surface area contributed by atoms with Crippen molar-refractivity contribution < 1.29 is 9.53 Å². The van der Waals surface area contributed by atoms with Gasteiger partial charge in [-0.25, -0.2) is 0 Å². The van der Waals surface area contributed by atoms with Gasteiger partial charge in [0.2, 0.25) is 0 Å². The minimum absolute atomic E-state index is 0.261. The van der Waals surface area contributed by atoms with Gasteiger partial charge in [0.1, 0.15) is 0 Å². The lowest BCUT2D eigenvalue weighted by Crippen LogP contribution is -2.33. The molecule has 0 N–H and O–H groups in total. The summed E-state index contributed by atoms with van der Waals surface area (Å²) >= 11 is 0. The zero-order valence-corrected chi connectivity index (χ0v) is 10.3. The number of carbonyl (C=O) groups excluding carboxylic acids is 1. The molecule has 0 saturated heterocycles. The van der Waals surface area contributed by atoms with Gasteiger partial charge in [-0.1, -0.05) is 40.0 Å². The highest BCUT2D eigenvalue weighted by molar-refractivity contribution is 5.37. The van der Waals surface area contributed by atoms with Crippen molar-refractivity contribution in [1.29, 1.82) is 0 Å². The van der Waals surface area contributed by atoms with E-state index < -0.39 is 0 Å². The fourth-order valence-corrected chi connectivity index (χ4v) is 3.01. The summed E-state index contributed by atoms with van der Waals surface area (Å²) < 4.78 is 5.04. The predicted molar refractivity (Wildman–Crippen MR) is 61.6 cm³/mol. The van der Waals surface area contributed by atoms with Crippen LogP contribution in [-0.4, -0.2) is 13.1 Å². The minimum Gasteiger partial charge on any atom is -0.467 e. The molecular weight excluding hydrogens is 188 g/mol. The van der Waals surface area contributed by atoms with Crippen LogP contribution in [0.1, 0.15) is 59.3 Å². The third-order valence-corrected chi connectivity index (χ3v) is 3.28. The molecule has 0 aromatic carbocycles. The summed E-state index contributed by atoms with van der Waals surface area (Å²) in [5.41, 5.74) is 0.584. The van der Waals surface area contributed by atoms with Crippen LogP contribution in [0.3, 0.4) is 0 Å². The van der Waals surface area contributed by atoms with Crippen molar-refractivity contribution in [3.05, 3.63) is 0 Å². The first kappa shape index (κ1) is 12.5. The molecule has 2 heteroatoms. The first-order valence-corrected chi connectivity index (χ1v) is 6.03. The van der Waals surface area contributed by atoms with E-state index in [1.807, 2.05) is 0 Å². The Balaban J connectivity index is 2.61. The molecule has 1 aliphatic rings. The Hall–Kier alpha value is -0.530. The van der Waals surface area contributed by atoms with E-state index >= 15 is 0 Å². The van der Waals surface area contributed by atoms with Crippen LogP contribution in [0.5, 0.6) is 0 Å². The summed E-state index contributed by atoms with van der Waals surface area (Å²) in [5.74, 6) is 0. The van der Waals surface area contributed by atoms with E-state index in [0.717, 1.165) is 6.42 Å². The van der Waals surface area contributed by atoms with Crippen LogP contribution in [0.25, 0.3) is 0 Å². The van der Waals surface area contributed by atoms with Crippen LogP contribution in [0.2, 0.25) is 0 Å². The van der Waals surface area contributed by atoms with E-state index in [4.69, 9.17) is 4.74 Å². The Morgan fingerprint density at radius 3 is 2.27 bits per heavy atom.